The number of aliphatic hydroxyl groups is 1. The molecule has 0 saturated carbocycles. The lowest BCUT2D eigenvalue weighted by molar-refractivity contribution is -0.187. The highest BCUT2D eigenvalue weighted by molar-refractivity contribution is 5.77. The molecule has 2 unspecified atom stereocenters. The third-order valence-corrected chi connectivity index (χ3v) is 4.69. The predicted molar refractivity (Wildman–Crippen MR) is 85.6 cm³/mol. The summed E-state index contributed by atoms with van der Waals surface area (Å²) >= 11 is 0. The van der Waals surface area contributed by atoms with Crippen molar-refractivity contribution >= 4 is 5.91 Å². The molecule has 0 aliphatic carbocycles. The molecule has 2 heterocycles. The molecule has 24 heavy (non-hydrogen) atoms. The molecular weight excluding hydrogens is 313 g/mol. The van der Waals surface area contributed by atoms with Crippen molar-refractivity contribution in [1.29, 1.82) is 0 Å². The van der Waals surface area contributed by atoms with Gasteiger partial charge in [0.15, 0.2) is 6.29 Å². The van der Waals surface area contributed by atoms with Gasteiger partial charge in [-0.25, -0.2) is 4.39 Å². The molecule has 0 bridgehead atoms. The number of ether oxygens (including phenoxy) is 2. The van der Waals surface area contributed by atoms with E-state index in [9.17, 15) is 14.3 Å². The van der Waals surface area contributed by atoms with E-state index in [1.54, 1.807) is 12.1 Å². The average Bonchev–Trinajstić information content (AvgIpc) is 3.04. The van der Waals surface area contributed by atoms with Crippen LogP contribution in [0.4, 0.5) is 4.39 Å². The second-order valence-corrected chi connectivity index (χ2v) is 6.42. The van der Waals surface area contributed by atoms with Crippen LogP contribution in [0.25, 0.3) is 0 Å². The van der Waals surface area contributed by atoms with E-state index in [1.165, 1.54) is 12.1 Å². The summed E-state index contributed by atoms with van der Waals surface area (Å²) in [5, 5.41) is 10.4. The van der Waals surface area contributed by atoms with Crippen LogP contribution < -0.4 is 0 Å². The van der Waals surface area contributed by atoms with Crippen molar-refractivity contribution in [3.8, 4) is 0 Å². The Bertz CT molecular complexity index is 544. The van der Waals surface area contributed by atoms with E-state index < -0.39 is 12.4 Å². The molecule has 1 aromatic carbocycles. The van der Waals surface area contributed by atoms with E-state index in [0.717, 1.165) is 19.3 Å². The summed E-state index contributed by atoms with van der Waals surface area (Å²) in [7, 11) is 0. The van der Waals surface area contributed by atoms with Gasteiger partial charge in [0, 0.05) is 12.6 Å². The number of halogens is 1. The van der Waals surface area contributed by atoms with Crippen molar-refractivity contribution in [2.24, 2.45) is 0 Å². The highest BCUT2D eigenvalue weighted by Gasteiger charge is 2.32. The summed E-state index contributed by atoms with van der Waals surface area (Å²) in [5.74, 6) is -0.313. The largest absolute Gasteiger partial charge is 0.388 e. The number of carbonyl (C=O) groups is 1. The van der Waals surface area contributed by atoms with Crippen molar-refractivity contribution in [2.45, 2.75) is 50.5 Å². The zero-order valence-electron chi connectivity index (χ0n) is 13.7. The van der Waals surface area contributed by atoms with Gasteiger partial charge in [0.25, 0.3) is 0 Å². The van der Waals surface area contributed by atoms with Crippen molar-refractivity contribution < 1.29 is 23.8 Å². The van der Waals surface area contributed by atoms with Crippen LogP contribution in [-0.2, 0) is 14.3 Å². The number of hydrogen-bond donors (Lipinski definition) is 1. The zero-order chi connectivity index (χ0) is 16.9. The van der Waals surface area contributed by atoms with Crippen LogP contribution in [0, 0.1) is 5.82 Å². The number of carbonyl (C=O) groups excluding carboxylic acids is 1. The first kappa shape index (κ1) is 17.3. The van der Waals surface area contributed by atoms with Crippen LogP contribution in [0.3, 0.4) is 0 Å². The van der Waals surface area contributed by atoms with Crippen LogP contribution in [0.1, 0.15) is 43.8 Å². The Morgan fingerprint density at radius 2 is 1.96 bits per heavy atom. The van der Waals surface area contributed by atoms with Gasteiger partial charge < -0.3 is 19.5 Å². The Hall–Kier alpha value is -1.50. The summed E-state index contributed by atoms with van der Waals surface area (Å²) in [4.78, 5) is 14.3. The molecule has 2 saturated heterocycles. The van der Waals surface area contributed by atoms with Gasteiger partial charge in [-0.05, 0) is 43.4 Å². The minimum atomic E-state index is -0.703. The fraction of sp³-hybridized carbons (Fsp3) is 0.611. The Morgan fingerprint density at radius 3 is 2.67 bits per heavy atom. The Balaban J connectivity index is 1.56. The molecule has 3 rings (SSSR count). The first-order valence-electron chi connectivity index (χ1n) is 8.59. The van der Waals surface area contributed by atoms with E-state index in [2.05, 4.69) is 0 Å². The van der Waals surface area contributed by atoms with Gasteiger partial charge in [-0.2, -0.15) is 0 Å². The number of benzene rings is 1. The Kier molecular flexibility index (Phi) is 5.81. The summed E-state index contributed by atoms with van der Waals surface area (Å²) in [6.45, 7) is 1.96. The third-order valence-electron chi connectivity index (χ3n) is 4.69. The molecule has 0 spiro atoms. The molecule has 1 N–H and O–H groups in total. The maximum absolute atomic E-state index is 13.0. The van der Waals surface area contributed by atoms with Crippen LogP contribution >= 0.6 is 0 Å². The van der Waals surface area contributed by atoms with E-state index in [1.807, 2.05) is 4.90 Å². The average molecular weight is 337 g/mol. The summed E-state index contributed by atoms with van der Waals surface area (Å²) in [5.41, 5.74) is 0.676. The Morgan fingerprint density at radius 1 is 1.25 bits per heavy atom. The van der Waals surface area contributed by atoms with Crippen LogP contribution in [0.2, 0.25) is 0 Å². The van der Waals surface area contributed by atoms with Gasteiger partial charge in [0.2, 0.25) is 5.91 Å². The van der Waals surface area contributed by atoms with E-state index >= 15 is 0 Å². The number of nitrogens with zero attached hydrogens (tertiary/aromatic N) is 1. The highest BCUT2D eigenvalue weighted by atomic mass is 19.1. The number of aliphatic hydroxyl groups excluding tert-OH is 1. The van der Waals surface area contributed by atoms with Crippen molar-refractivity contribution in [3.63, 3.8) is 0 Å². The normalized spacial score (nSPS) is 23.4. The number of rotatable bonds is 5. The van der Waals surface area contributed by atoms with Gasteiger partial charge in [0.05, 0.1) is 25.7 Å². The number of amides is 1. The SMILES string of the molecule is O=C(CC1OCCCO1)N1CCCC1CC(O)c1ccc(F)cc1. The lowest BCUT2D eigenvalue weighted by atomic mass is 10.0. The highest BCUT2D eigenvalue weighted by Crippen LogP contribution is 2.28. The molecular formula is C18H24FNO4. The lowest BCUT2D eigenvalue weighted by Crippen LogP contribution is -2.39. The van der Waals surface area contributed by atoms with E-state index in [-0.39, 0.29) is 24.2 Å². The van der Waals surface area contributed by atoms with Crippen LogP contribution in [0.5, 0.6) is 0 Å². The van der Waals surface area contributed by atoms with E-state index in [4.69, 9.17) is 9.47 Å². The van der Waals surface area contributed by atoms with Crippen molar-refractivity contribution in [1.82, 2.24) is 4.90 Å². The van der Waals surface area contributed by atoms with Gasteiger partial charge in [0.1, 0.15) is 5.82 Å². The standard InChI is InChI=1S/C18H24FNO4/c19-14-6-4-13(5-7-14)16(21)11-15-3-1-8-20(15)17(22)12-18-23-9-2-10-24-18/h4-7,15-16,18,21H,1-3,8-12H2. The van der Waals surface area contributed by atoms with Crippen molar-refractivity contribution in [2.75, 3.05) is 19.8 Å². The van der Waals surface area contributed by atoms with Gasteiger partial charge in [-0.15, -0.1) is 0 Å². The third kappa shape index (κ3) is 4.32. The fourth-order valence-electron chi connectivity index (χ4n) is 3.40. The smallest absolute Gasteiger partial charge is 0.227 e. The van der Waals surface area contributed by atoms with Crippen LogP contribution in [-0.4, -0.2) is 48.0 Å². The molecule has 2 aliphatic heterocycles. The topological polar surface area (TPSA) is 59.0 Å². The van der Waals surface area contributed by atoms with Crippen molar-refractivity contribution in [3.05, 3.63) is 35.6 Å². The number of likely N-dealkylation sites (tertiary alicyclic amines) is 1. The molecule has 2 fully saturated rings. The van der Waals surface area contributed by atoms with E-state index in [0.29, 0.717) is 31.7 Å². The molecule has 6 heteroatoms. The molecule has 1 aromatic rings. The molecule has 2 atom stereocenters. The maximum atomic E-state index is 13.0. The molecule has 5 nitrogen and oxygen atoms in total. The lowest BCUT2D eigenvalue weighted by Gasteiger charge is -2.29. The summed E-state index contributed by atoms with van der Waals surface area (Å²) in [6, 6.07) is 5.86. The molecule has 0 aromatic heterocycles. The molecule has 2 aliphatic rings. The minimum absolute atomic E-state index is 0.00106. The quantitative estimate of drug-likeness (QED) is 0.896. The second-order valence-electron chi connectivity index (χ2n) is 6.42. The zero-order valence-corrected chi connectivity index (χ0v) is 13.7. The maximum Gasteiger partial charge on any atom is 0.227 e. The Labute approximate surface area is 141 Å². The molecule has 132 valence electrons. The first-order valence-corrected chi connectivity index (χ1v) is 8.59. The van der Waals surface area contributed by atoms with Gasteiger partial charge in [-0.1, -0.05) is 12.1 Å². The monoisotopic (exact) mass is 337 g/mol. The summed E-state index contributed by atoms with van der Waals surface area (Å²) < 4.78 is 23.9. The minimum Gasteiger partial charge on any atom is -0.388 e. The molecule has 1 amide bonds. The predicted octanol–water partition coefficient (Wildman–Crippen LogP) is 2.39. The summed E-state index contributed by atoms with van der Waals surface area (Å²) in [6.07, 6.45) is 2.20. The fourth-order valence-corrected chi connectivity index (χ4v) is 3.40. The molecule has 0 radical (unpaired) electrons. The first-order chi connectivity index (χ1) is 11.6. The second kappa shape index (κ2) is 8.05. The van der Waals surface area contributed by atoms with Crippen LogP contribution in [0.15, 0.2) is 24.3 Å². The van der Waals surface area contributed by atoms with Gasteiger partial charge >= 0.3 is 0 Å². The number of hydrogen-bond acceptors (Lipinski definition) is 4. The van der Waals surface area contributed by atoms with Gasteiger partial charge in [-0.3, -0.25) is 4.79 Å².